The van der Waals surface area contributed by atoms with Crippen LogP contribution in [0.1, 0.15) is 18.9 Å². The number of hydrogen-bond acceptors (Lipinski definition) is 4. The highest BCUT2D eigenvalue weighted by Gasteiger charge is 2.07. The molecule has 0 aliphatic carbocycles. The smallest absolute Gasteiger partial charge is 0.257 e. The quantitative estimate of drug-likeness (QED) is 0.664. The van der Waals surface area contributed by atoms with E-state index < -0.39 is 0 Å². The van der Waals surface area contributed by atoms with E-state index in [1.54, 1.807) is 6.07 Å². The van der Waals surface area contributed by atoms with Crippen molar-refractivity contribution in [3.63, 3.8) is 0 Å². The van der Waals surface area contributed by atoms with Gasteiger partial charge in [-0.2, -0.15) is 0 Å². The van der Waals surface area contributed by atoms with Crippen molar-refractivity contribution >= 4 is 11.6 Å². The molecule has 1 N–H and O–H groups in total. The molecule has 2 rings (SSSR count). The first-order valence-corrected chi connectivity index (χ1v) is 8.97. The van der Waals surface area contributed by atoms with Crippen LogP contribution in [0.25, 0.3) is 0 Å². The Morgan fingerprint density at radius 1 is 1.00 bits per heavy atom. The molecule has 0 fully saturated rings. The Hall–Kier alpha value is -2.69. The SMILES string of the molecule is CCOc1ccccc1OCC(=O)NCCCc1ccc(N(C)C)cc1. The molecule has 0 heterocycles. The number of carbonyl (C=O) groups excluding carboxylic acids is 1. The molecule has 0 aliphatic heterocycles. The van der Waals surface area contributed by atoms with Gasteiger partial charge in [0.2, 0.25) is 0 Å². The summed E-state index contributed by atoms with van der Waals surface area (Å²) in [6.45, 7) is 3.09. The third kappa shape index (κ3) is 6.31. The molecule has 1 amide bonds. The zero-order valence-corrected chi connectivity index (χ0v) is 15.8. The number of ether oxygens (including phenoxy) is 2. The van der Waals surface area contributed by atoms with Gasteiger partial charge in [-0.1, -0.05) is 24.3 Å². The van der Waals surface area contributed by atoms with Gasteiger partial charge >= 0.3 is 0 Å². The van der Waals surface area contributed by atoms with Crippen molar-refractivity contribution in [3.05, 3.63) is 54.1 Å². The van der Waals surface area contributed by atoms with E-state index in [1.165, 1.54) is 11.3 Å². The van der Waals surface area contributed by atoms with Gasteiger partial charge in [0.05, 0.1) is 6.61 Å². The first-order chi connectivity index (χ1) is 12.6. The van der Waals surface area contributed by atoms with Gasteiger partial charge in [-0.3, -0.25) is 4.79 Å². The number of carbonyl (C=O) groups is 1. The molecule has 0 unspecified atom stereocenters. The summed E-state index contributed by atoms with van der Waals surface area (Å²) in [6.07, 6.45) is 1.82. The van der Waals surface area contributed by atoms with Crippen molar-refractivity contribution in [3.8, 4) is 11.5 Å². The molecule has 2 aromatic rings. The normalized spacial score (nSPS) is 10.3. The summed E-state index contributed by atoms with van der Waals surface area (Å²) in [5.41, 5.74) is 2.46. The van der Waals surface area contributed by atoms with Crippen LogP contribution in [-0.2, 0) is 11.2 Å². The number of anilines is 1. The number of aryl methyl sites for hydroxylation is 1. The van der Waals surface area contributed by atoms with Crippen molar-refractivity contribution < 1.29 is 14.3 Å². The van der Waals surface area contributed by atoms with Gasteiger partial charge in [0.1, 0.15) is 0 Å². The average molecular weight is 356 g/mol. The summed E-state index contributed by atoms with van der Waals surface area (Å²) in [5.74, 6) is 1.12. The highest BCUT2D eigenvalue weighted by Crippen LogP contribution is 2.26. The van der Waals surface area contributed by atoms with Crippen molar-refractivity contribution in [1.29, 1.82) is 0 Å². The Balaban J connectivity index is 1.67. The molecule has 26 heavy (non-hydrogen) atoms. The number of para-hydroxylation sites is 2. The second-order valence-corrected chi connectivity index (χ2v) is 6.18. The van der Waals surface area contributed by atoms with E-state index in [4.69, 9.17) is 9.47 Å². The van der Waals surface area contributed by atoms with Crippen LogP contribution in [-0.4, -0.2) is 39.8 Å². The van der Waals surface area contributed by atoms with Gasteiger partial charge in [0.25, 0.3) is 5.91 Å². The standard InChI is InChI=1S/C21H28N2O3/c1-4-25-19-9-5-6-10-20(19)26-16-21(24)22-15-7-8-17-11-13-18(14-12-17)23(2)3/h5-6,9-14H,4,7-8,15-16H2,1-3H3,(H,22,24). The molecule has 0 aromatic heterocycles. The molecule has 2 aromatic carbocycles. The minimum absolute atomic E-state index is 0.0123. The lowest BCUT2D eigenvalue weighted by atomic mass is 10.1. The molecule has 0 atom stereocenters. The zero-order valence-electron chi connectivity index (χ0n) is 15.8. The molecular formula is C21H28N2O3. The van der Waals surface area contributed by atoms with E-state index in [9.17, 15) is 4.79 Å². The maximum atomic E-state index is 11.9. The number of nitrogens with one attached hydrogen (secondary N) is 1. The fourth-order valence-corrected chi connectivity index (χ4v) is 2.52. The highest BCUT2D eigenvalue weighted by atomic mass is 16.5. The fourth-order valence-electron chi connectivity index (χ4n) is 2.52. The highest BCUT2D eigenvalue weighted by molar-refractivity contribution is 5.77. The average Bonchev–Trinajstić information content (AvgIpc) is 2.65. The van der Waals surface area contributed by atoms with Crippen LogP contribution >= 0.6 is 0 Å². The van der Waals surface area contributed by atoms with Crippen LogP contribution in [0, 0.1) is 0 Å². The molecule has 5 heteroatoms. The topological polar surface area (TPSA) is 50.8 Å². The van der Waals surface area contributed by atoms with Crippen LogP contribution in [0.5, 0.6) is 11.5 Å². The first kappa shape index (κ1) is 19.6. The van der Waals surface area contributed by atoms with E-state index in [1.807, 2.05) is 39.2 Å². The van der Waals surface area contributed by atoms with Crippen molar-refractivity contribution in [2.75, 3.05) is 38.8 Å². The van der Waals surface area contributed by atoms with E-state index in [-0.39, 0.29) is 12.5 Å². The third-order valence-electron chi connectivity index (χ3n) is 3.92. The van der Waals surface area contributed by atoms with E-state index >= 15 is 0 Å². The van der Waals surface area contributed by atoms with Gasteiger partial charge in [-0.15, -0.1) is 0 Å². The Kier molecular flexibility index (Phi) is 7.80. The Bertz CT molecular complexity index is 684. The predicted octanol–water partition coefficient (Wildman–Crippen LogP) is 3.28. The summed E-state index contributed by atoms with van der Waals surface area (Å²) in [7, 11) is 4.05. The van der Waals surface area contributed by atoms with Gasteiger partial charge in [0.15, 0.2) is 18.1 Å². The number of benzene rings is 2. The largest absolute Gasteiger partial charge is 0.490 e. The number of rotatable bonds is 10. The van der Waals surface area contributed by atoms with Gasteiger partial charge in [-0.25, -0.2) is 0 Å². The summed E-state index contributed by atoms with van der Waals surface area (Å²) in [6, 6.07) is 15.8. The number of hydrogen-bond donors (Lipinski definition) is 1. The summed E-state index contributed by atoms with van der Waals surface area (Å²) in [4.78, 5) is 14.0. The molecular weight excluding hydrogens is 328 g/mol. The second-order valence-electron chi connectivity index (χ2n) is 6.18. The number of nitrogens with zero attached hydrogens (tertiary/aromatic N) is 1. The lowest BCUT2D eigenvalue weighted by molar-refractivity contribution is -0.123. The van der Waals surface area contributed by atoms with Gasteiger partial charge in [-0.05, 0) is 49.6 Å². The van der Waals surface area contributed by atoms with Crippen molar-refractivity contribution in [1.82, 2.24) is 5.32 Å². The Morgan fingerprint density at radius 2 is 1.65 bits per heavy atom. The minimum Gasteiger partial charge on any atom is -0.490 e. The van der Waals surface area contributed by atoms with E-state index in [2.05, 4.69) is 34.5 Å². The summed E-state index contributed by atoms with van der Waals surface area (Å²) in [5, 5.41) is 2.89. The summed E-state index contributed by atoms with van der Waals surface area (Å²) >= 11 is 0. The van der Waals surface area contributed by atoms with Crippen LogP contribution in [0.3, 0.4) is 0 Å². The molecule has 0 saturated carbocycles. The monoisotopic (exact) mass is 356 g/mol. The predicted molar refractivity (Wildman–Crippen MR) is 105 cm³/mol. The number of amides is 1. The molecule has 140 valence electrons. The third-order valence-corrected chi connectivity index (χ3v) is 3.92. The van der Waals surface area contributed by atoms with Gasteiger partial charge in [0, 0.05) is 26.3 Å². The van der Waals surface area contributed by atoms with Crippen LogP contribution in [0.2, 0.25) is 0 Å². The van der Waals surface area contributed by atoms with Crippen LogP contribution < -0.4 is 19.7 Å². The molecule has 0 radical (unpaired) electrons. The van der Waals surface area contributed by atoms with E-state index in [0.29, 0.717) is 24.7 Å². The minimum atomic E-state index is -0.126. The molecule has 5 nitrogen and oxygen atoms in total. The maximum absolute atomic E-state index is 11.9. The Labute approximate surface area is 155 Å². The van der Waals surface area contributed by atoms with Crippen LogP contribution in [0.15, 0.2) is 48.5 Å². The summed E-state index contributed by atoms with van der Waals surface area (Å²) < 4.78 is 11.0. The lowest BCUT2D eigenvalue weighted by Crippen LogP contribution is -2.30. The fraction of sp³-hybridized carbons (Fsp3) is 0.381. The second kappa shape index (κ2) is 10.3. The molecule has 0 saturated heterocycles. The molecule has 0 bridgehead atoms. The Morgan fingerprint density at radius 3 is 2.27 bits per heavy atom. The maximum Gasteiger partial charge on any atom is 0.257 e. The van der Waals surface area contributed by atoms with Gasteiger partial charge < -0.3 is 19.7 Å². The lowest BCUT2D eigenvalue weighted by Gasteiger charge is -2.13. The van der Waals surface area contributed by atoms with Crippen LogP contribution in [0.4, 0.5) is 5.69 Å². The van der Waals surface area contributed by atoms with E-state index in [0.717, 1.165) is 12.8 Å². The molecule has 0 spiro atoms. The zero-order chi connectivity index (χ0) is 18.8. The van der Waals surface area contributed by atoms with Crippen molar-refractivity contribution in [2.45, 2.75) is 19.8 Å². The van der Waals surface area contributed by atoms with Crippen molar-refractivity contribution in [2.24, 2.45) is 0 Å². The first-order valence-electron chi connectivity index (χ1n) is 8.97. The molecule has 0 aliphatic rings.